The fourth-order valence-corrected chi connectivity index (χ4v) is 0.861. The fraction of sp³-hybridized carbons (Fsp3) is 0.900. The van der Waals surface area contributed by atoms with Gasteiger partial charge in [-0.1, -0.05) is 20.8 Å². The Labute approximate surface area is 75.9 Å². The van der Waals surface area contributed by atoms with Crippen molar-refractivity contribution in [1.29, 1.82) is 0 Å². The maximum Gasteiger partial charge on any atom is 0.225 e. The first-order valence-electron chi connectivity index (χ1n) is 4.64. The van der Waals surface area contributed by atoms with Crippen LogP contribution in [-0.4, -0.2) is 23.9 Å². The summed E-state index contributed by atoms with van der Waals surface area (Å²) in [5.41, 5.74) is 0. The molecule has 0 bridgehead atoms. The molecule has 0 rings (SSSR count). The summed E-state index contributed by atoms with van der Waals surface area (Å²) in [4.78, 5) is 13.5. The van der Waals surface area contributed by atoms with Crippen LogP contribution in [0, 0.1) is 11.8 Å². The highest BCUT2D eigenvalue weighted by Crippen LogP contribution is 2.13. The van der Waals surface area contributed by atoms with E-state index < -0.39 is 0 Å². The molecule has 72 valence electrons. The van der Waals surface area contributed by atoms with Crippen LogP contribution in [0.2, 0.25) is 0 Å². The molecule has 0 aromatic carbocycles. The predicted molar refractivity (Wildman–Crippen MR) is 51.9 cm³/mol. The molecule has 0 saturated carbocycles. The molecule has 0 spiro atoms. The molecule has 1 amide bonds. The van der Waals surface area contributed by atoms with Crippen molar-refractivity contribution in [2.75, 3.05) is 7.05 Å². The molecular formula is C10H21NO. The van der Waals surface area contributed by atoms with Crippen molar-refractivity contribution in [3.8, 4) is 0 Å². The minimum atomic E-state index is 0.136. The van der Waals surface area contributed by atoms with Crippen LogP contribution in [0.4, 0.5) is 0 Å². The van der Waals surface area contributed by atoms with Crippen LogP contribution in [0.1, 0.15) is 34.6 Å². The van der Waals surface area contributed by atoms with E-state index in [0.717, 1.165) is 0 Å². The van der Waals surface area contributed by atoms with E-state index in [2.05, 4.69) is 13.8 Å². The molecule has 0 aliphatic carbocycles. The number of carbonyl (C=O) groups excluding carboxylic acids is 1. The molecule has 0 heterocycles. The molecule has 0 aliphatic heterocycles. The van der Waals surface area contributed by atoms with Gasteiger partial charge in [0.15, 0.2) is 0 Å². The number of hydrogen-bond acceptors (Lipinski definition) is 1. The monoisotopic (exact) mass is 171 g/mol. The molecule has 0 aliphatic rings. The lowest BCUT2D eigenvalue weighted by Gasteiger charge is -2.26. The maximum absolute atomic E-state index is 11.7. The maximum atomic E-state index is 11.7. The van der Waals surface area contributed by atoms with E-state index in [1.54, 1.807) is 0 Å². The topological polar surface area (TPSA) is 20.3 Å². The van der Waals surface area contributed by atoms with Gasteiger partial charge in [-0.2, -0.15) is 0 Å². The molecule has 0 saturated heterocycles. The average Bonchev–Trinajstić information content (AvgIpc) is 2.00. The lowest BCUT2D eigenvalue weighted by Crippen LogP contribution is -2.38. The third kappa shape index (κ3) is 2.84. The zero-order chi connectivity index (χ0) is 9.89. The molecule has 0 fully saturated rings. The third-order valence-corrected chi connectivity index (χ3v) is 2.51. The minimum absolute atomic E-state index is 0.136. The van der Waals surface area contributed by atoms with Gasteiger partial charge in [0, 0.05) is 19.0 Å². The van der Waals surface area contributed by atoms with Crippen molar-refractivity contribution in [1.82, 2.24) is 4.90 Å². The Balaban J connectivity index is 4.19. The van der Waals surface area contributed by atoms with E-state index in [1.165, 1.54) is 0 Å². The second-order valence-corrected chi connectivity index (χ2v) is 4.08. The summed E-state index contributed by atoms with van der Waals surface area (Å²) < 4.78 is 0. The van der Waals surface area contributed by atoms with Crippen molar-refractivity contribution in [3.63, 3.8) is 0 Å². The van der Waals surface area contributed by atoms with Crippen LogP contribution in [0.5, 0.6) is 0 Å². The Hall–Kier alpha value is -0.530. The van der Waals surface area contributed by atoms with E-state index in [4.69, 9.17) is 0 Å². The summed E-state index contributed by atoms with van der Waals surface area (Å²) in [6.07, 6.45) is 0. The van der Waals surface area contributed by atoms with Crippen molar-refractivity contribution in [2.45, 2.75) is 40.7 Å². The van der Waals surface area contributed by atoms with Gasteiger partial charge in [-0.05, 0) is 19.8 Å². The molecule has 0 aromatic heterocycles. The van der Waals surface area contributed by atoms with Crippen LogP contribution in [0.15, 0.2) is 0 Å². The highest BCUT2D eigenvalue weighted by atomic mass is 16.2. The zero-order valence-electron chi connectivity index (χ0n) is 9.09. The van der Waals surface area contributed by atoms with Crippen molar-refractivity contribution in [3.05, 3.63) is 0 Å². The van der Waals surface area contributed by atoms with Crippen molar-refractivity contribution < 1.29 is 4.79 Å². The number of carbonyl (C=O) groups is 1. The molecule has 0 radical (unpaired) electrons. The second-order valence-electron chi connectivity index (χ2n) is 4.08. The fourth-order valence-electron chi connectivity index (χ4n) is 0.861. The standard InChI is InChI=1S/C10H21NO/c1-7(2)9(5)10(12)11(6)8(3)4/h7-9H,1-6H3. The Morgan fingerprint density at radius 1 is 1.08 bits per heavy atom. The van der Waals surface area contributed by atoms with Crippen LogP contribution in [-0.2, 0) is 4.79 Å². The predicted octanol–water partition coefficient (Wildman–Crippen LogP) is 2.15. The molecule has 0 N–H and O–H groups in total. The summed E-state index contributed by atoms with van der Waals surface area (Å²) in [5.74, 6) is 0.816. The molecule has 2 heteroatoms. The van der Waals surface area contributed by atoms with Gasteiger partial charge in [-0.3, -0.25) is 4.79 Å². The van der Waals surface area contributed by atoms with Crippen LogP contribution < -0.4 is 0 Å². The van der Waals surface area contributed by atoms with Crippen molar-refractivity contribution in [2.24, 2.45) is 11.8 Å². The Kier molecular flexibility index (Phi) is 4.29. The van der Waals surface area contributed by atoms with E-state index in [-0.39, 0.29) is 11.8 Å². The average molecular weight is 171 g/mol. The van der Waals surface area contributed by atoms with Gasteiger partial charge in [0.1, 0.15) is 0 Å². The minimum Gasteiger partial charge on any atom is -0.343 e. The highest BCUT2D eigenvalue weighted by Gasteiger charge is 2.21. The summed E-state index contributed by atoms with van der Waals surface area (Å²) in [6.45, 7) is 10.2. The first kappa shape index (κ1) is 11.5. The van der Waals surface area contributed by atoms with E-state index in [0.29, 0.717) is 12.0 Å². The van der Waals surface area contributed by atoms with Gasteiger partial charge in [0.25, 0.3) is 0 Å². The number of hydrogen-bond donors (Lipinski definition) is 0. The smallest absolute Gasteiger partial charge is 0.225 e. The van der Waals surface area contributed by atoms with E-state index in [9.17, 15) is 4.79 Å². The summed E-state index contributed by atoms with van der Waals surface area (Å²) in [6, 6.07) is 0.304. The van der Waals surface area contributed by atoms with Gasteiger partial charge >= 0.3 is 0 Å². The normalized spacial score (nSPS) is 13.7. The first-order chi connectivity index (χ1) is 5.37. The Bertz CT molecular complexity index is 136. The molecule has 0 aromatic rings. The lowest BCUT2D eigenvalue weighted by atomic mass is 9.96. The van der Waals surface area contributed by atoms with Crippen LogP contribution in [0.25, 0.3) is 0 Å². The zero-order valence-corrected chi connectivity index (χ0v) is 9.09. The number of rotatable bonds is 3. The molecule has 12 heavy (non-hydrogen) atoms. The van der Waals surface area contributed by atoms with Crippen molar-refractivity contribution >= 4 is 5.91 Å². The van der Waals surface area contributed by atoms with Crippen LogP contribution in [0.3, 0.4) is 0 Å². The number of nitrogens with zero attached hydrogens (tertiary/aromatic N) is 1. The molecule has 2 nitrogen and oxygen atoms in total. The van der Waals surface area contributed by atoms with Gasteiger partial charge in [0.2, 0.25) is 5.91 Å². The summed E-state index contributed by atoms with van der Waals surface area (Å²) in [7, 11) is 1.87. The highest BCUT2D eigenvalue weighted by molar-refractivity contribution is 5.78. The number of amides is 1. The quantitative estimate of drug-likeness (QED) is 0.637. The van der Waals surface area contributed by atoms with Gasteiger partial charge in [-0.25, -0.2) is 0 Å². The van der Waals surface area contributed by atoms with Gasteiger partial charge < -0.3 is 4.90 Å². The third-order valence-electron chi connectivity index (χ3n) is 2.51. The van der Waals surface area contributed by atoms with E-state index in [1.807, 2.05) is 32.7 Å². The summed E-state index contributed by atoms with van der Waals surface area (Å²) >= 11 is 0. The molecule has 1 atom stereocenters. The Morgan fingerprint density at radius 3 is 1.75 bits per heavy atom. The summed E-state index contributed by atoms with van der Waals surface area (Å²) in [5, 5.41) is 0. The SMILES string of the molecule is CC(C)C(C)C(=O)N(C)C(C)C. The van der Waals surface area contributed by atoms with E-state index >= 15 is 0 Å². The van der Waals surface area contributed by atoms with Gasteiger partial charge in [0.05, 0.1) is 0 Å². The largest absolute Gasteiger partial charge is 0.343 e. The molecular weight excluding hydrogens is 150 g/mol. The van der Waals surface area contributed by atoms with Crippen LogP contribution >= 0.6 is 0 Å². The lowest BCUT2D eigenvalue weighted by molar-refractivity contribution is -0.136. The first-order valence-corrected chi connectivity index (χ1v) is 4.64. The van der Waals surface area contributed by atoms with Gasteiger partial charge in [-0.15, -0.1) is 0 Å². The molecule has 1 unspecified atom stereocenters. The second kappa shape index (κ2) is 4.48. The Morgan fingerprint density at radius 2 is 1.50 bits per heavy atom.